The summed E-state index contributed by atoms with van der Waals surface area (Å²) in [6, 6.07) is 4.30. The second-order valence-electron chi connectivity index (χ2n) is 5.02. The Labute approximate surface area is 123 Å². The Bertz CT molecular complexity index is 505. The third kappa shape index (κ3) is 4.20. The summed E-state index contributed by atoms with van der Waals surface area (Å²) in [5.41, 5.74) is -0.346. The first-order valence-corrected chi connectivity index (χ1v) is 6.98. The normalized spacial score (nSPS) is 13.6. The van der Waals surface area contributed by atoms with Gasteiger partial charge in [0.1, 0.15) is 10.6 Å². The lowest BCUT2D eigenvalue weighted by molar-refractivity contribution is -0.385. The van der Waals surface area contributed by atoms with Gasteiger partial charge in [-0.2, -0.15) is 0 Å². The maximum absolute atomic E-state index is 12.1. The first kappa shape index (κ1) is 16.4. The van der Waals surface area contributed by atoms with Crippen molar-refractivity contribution in [3.8, 4) is 0 Å². The van der Waals surface area contributed by atoms with E-state index < -0.39 is 10.8 Å². The van der Waals surface area contributed by atoms with Crippen molar-refractivity contribution in [1.29, 1.82) is 0 Å². The molecule has 0 radical (unpaired) electrons. The van der Waals surface area contributed by atoms with E-state index in [2.05, 4.69) is 19.2 Å². The zero-order chi connectivity index (χ0) is 15.3. The average molecular weight is 299 g/mol. The summed E-state index contributed by atoms with van der Waals surface area (Å²) >= 11 is 5.79. The molecule has 0 aliphatic rings. The van der Waals surface area contributed by atoms with E-state index in [-0.39, 0.29) is 22.3 Å². The van der Waals surface area contributed by atoms with Crippen molar-refractivity contribution in [2.45, 2.75) is 39.7 Å². The number of nitrogens with one attached hydrogen (secondary N) is 1. The van der Waals surface area contributed by atoms with Crippen LogP contribution >= 0.6 is 11.6 Å². The molecule has 20 heavy (non-hydrogen) atoms. The molecule has 1 N–H and O–H groups in total. The summed E-state index contributed by atoms with van der Waals surface area (Å²) in [5, 5.41) is 13.7. The van der Waals surface area contributed by atoms with Gasteiger partial charge in [-0.25, -0.2) is 0 Å². The van der Waals surface area contributed by atoms with Crippen LogP contribution in [0.5, 0.6) is 0 Å². The van der Waals surface area contributed by atoms with Crippen molar-refractivity contribution in [2.75, 3.05) is 0 Å². The minimum atomic E-state index is -0.628. The largest absolute Gasteiger partial charge is 0.349 e. The summed E-state index contributed by atoms with van der Waals surface area (Å²) < 4.78 is 0. The van der Waals surface area contributed by atoms with E-state index in [0.717, 1.165) is 12.8 Å². The predicted molar refractivity (Wildman–Crippen MR) is 79.1 cm³/mol. The molecule has 110 valence electrons. The number of nitrogens with zero attached hydrogens (tertiary/aromatic N) is 1. The van der Waals surface area contributed by atoms with Gasteiger partial charge in [0.05, 0.1) is 4.92 Å². The fraction of sp³-hybridized carbons (Fsp3) is 0.500. The van der Waals surface area contributed by atoms with Crippen molar-refractivity contribution in [1.82, 2.24) is 5.32 Å². The number of rotatable bonds is 6. The first-order chi connectivity index (χ1) is 9.36. The molecule has 0 spiro atoms. The molecular formula is C14H19ClN2O3. The molecule has 1 aromatic rings. The van der Waals surface area contributed by atoms with E-state index >= 15 is 0 Å². The fourth-order valence-electron chi connectivity index (χ4n) is 2.01. The molecule has 0 aromatic heterocycles. The lowest BCUT2D eigenvalue weighted by atomic mass is 10.00. The highest BCUT2D eigenvalue weighted by atomic mass is 35.5. The number of carbonyl (C=O) groups is 1. The Kier molecular flexibility index (Phi) is 5.95. The number of amides is 1. The van der Waals surface area contributed by atoms with Gasteiger partial charge < -0.3 is 5.32 Å². The van der Waals surface area contributed by atoms with Gasteiger partial charge in [-0.1, -0.05) is 37.9 Å². The Morgan fingerprint density at radius 2 is 2.10 bits per heavy atom. The van der Waals surface area contributed by atoms with Crippen LogP contribution in [0.3, 0.4) is 0 Å². The van der Waals surface area contributed by atoms with Crippen LogP contribution in [-0.2, 0) is 0 Å². The molecule has 0 bridgehead atoms. The van der Waals surface area contributed by atoms with Crippen molar-refractivity contribution < 1.29 is 9.72 Å². The summed E-state index contributed by atoms with van der Waals surface area (Å²) in [4.78, 5) is 22.5. The third-order valence-electron chi connectivity index (χ3n) is 3.24. The first-order valence-electron chi connectivity index (χ1n) is 6.60. The molecule has 1 amide bonds. The Balaban J connectivity index is 2.88. The summed E-state index contributed by atoms with van der Waals surface area (Å²) in [6.07, 6.45) is 1.86. The second kappa shape index (κ2) is 7.24. The summed E-state index contributed by atoms with van der Waals surface area (Å²) in [5.74, 6) is 0.0228. The quantitative estimate of drug-likeness (QED) is 0.641. The Morgan fingerprint density at radius 1 is 1.45 bits per heavy atom. The lowest BCUT2D eigenvalue weighted by Crippen LogP contribution is -2.34. The molecule has 1 aromatic carbocycles. The molecule has 0 fully saturated rings. The van der Waals surface area contributed by atoms with Gasteiger partial charge in [0, 0.05) is 6.04 Å². The molecule has 0 saturated carbocycles. The smallest absolute Gasteiger partial charge is 0.300 e. The van der Waals surface area contributed by atoms with Crippen LogP contribution in [0.2, 0.25) is 5.02 Å². The molecular weight excluding hydrogens is 280 g/mol. The number of carbonyl (C=O) groups excluding carboxylic acids is 1. The molecule has 1 rings (SSSR count). The lowest BCUT2D eigenvalue weighted by Gasteiger charge is -2.17. The van der Waals surface area contributed by atoms with Gasteiger partial charge in [-0.3, -0.25) is 14.9 Å². The monoisotopic (exact) mass is 298 g/mol. The van der Waals surface area contributed by atoms with Gasteiger partial charge in [0.25, 0.3) is 5.91 Å². The van der Waals surface area contributed by atoms with Crippen LogP contribution < -0.4 is 5.32 Å². The standard InChI is InChI=1S/C14H19ClN2O3/c1-4-9(2)8-10(3)16-14(18)11-6-5-7-12(15)13(11)17(19)20/h5-7,9-10H,4,8H2,1-3H3,(H,16,18). The molecule has 2 unspecified atom stereocenters. The van der Waals surface area contributed by atoms with E-state index in [1.54, 1.807) is 0 Å². The number of nitro groups is 1. The Hall–Kier alpha value is -1.62. The summed E-state index contributed by atoms with van der Waals surface area (Å²) in [7, 11) is 0. The maximum atomic E-state index is 12.1. The van der Waals surface area contributed by atoms with E-state index in [9.17, 15) is 14.9 Å². The van der Waals surface area contributed by atoms with Crippen LogP contribution in [0.1, 0.15) is 44.0 Å². The van der Waals surface area contributed by atoms with Gasteiger partial charge in [0.15, 0.2) is 0 Å². The molecule has 5 nitrogen and oxygen atoms in total. The predicted octanol–water partition coefficient (Wildman–Crippen LogP) is 3.80. The SMILES string of the molecule is CCC(C)CC(C)NC(=O)c1cccc(Cl)c1[N+](=O)[O-]. The number of benzene rings is 1. The van der Waals surface area contributed by atoms with Crippen molar-refractivity contribution >= 4 is 23.2 Å². The Morgan fingerprint density at radius 3 is 2.65 bits per heavy atom. The van der Waals surface area contributed by atoms with Crippen molar-refractivity contribution in [3.05, 3.63) is 38.9 Å². The van der Waals surface area contributed by atoms with Gasteiger partial charge in [-0.15, -0.1) is 0 Å². The number of hydrogen-bond donors (Lipinski definition) is 1. The molecule has 6 heteroatoms. The minimum absolute atomic E-state index is 0.00139. The minimum Gasteiger partial charge on any atom is -0.349 e. The number of para-hydroxylation sites is 1. The van der Waals surface area contributed by atoms with E-state index in [0.29, 0.717) is 5.92 Å². The van der Waals surface area contributed by atoms with Crippen LogP contribution in [-0.4, -0.2) is 16.9 Å². The third-order valence-corrected chi connectivity index (χ3v) is 3.55. The number of hydrogen-bond acceptors (Lipinski definition) is 3. The van der Waals surface area contributed by atoms with E-state index in [1.165, 1.54) is 18.2 Å². The highest BCUT2D eigenvalue weighted by molar-refractivity contribution is 6.33. The van der Waals surface area contributed by atoms with Crippen LogP contribution in [0.15, 0.2) is 18.2 Å². The van der Waals surface area contributed by atoms with Crippen molar-refractivity contribution in [3.63, 3.8) is 0 Å². The van der Waals surface area contributed by atoms with Gasteiger partial charge >= 0.3 is 5.69 Å². The summed E-state index contributed by atoms with van der Waals surface area (Å²) in [6.45, 7) is 6.08. The fourth-order valence-corrected chi connectivity index (χ4v) is 2.26. The highest BCUT2D eigenvalue weighted by Gasteiger charge is 2.24. The molecule has 0 aliphatic heterocycles. The second-order valence-corrected chi connectivity index (χ2v) is 5.42. The van der Waals surface area contributed by atoms with Gasteiger partial charge in [-0.05, 0) is 31.4 Å². The molecule has 0 aliphatic carbocycles. The van der Waals surface area contributed by atoms with Crippen LogP contribution in [0.25, 0.3) is 0 Å². The van der Waals surface area contributed by atoms with Crippen LogP contribution in [0, 0.1) is 16.0 Å². The zero-order valence-electron chi connectivity index (χ0n) is 11.9. The number of halogens is 1. The zero-order valence-corrected chi connectivity index (χ0v) is 12.6. The molecule has 0 heterocycles. The topological polar surface area (TPSA) is 72.2 Å². The van der Waals surface area contributed by atoms with Crippen molar-refractivity contribution in [2.24, 2.45) is 5.92 Å². The number of nitro benzene ring substituents is 1. The van der Waals surface area contributed by atoms with E-state index in [4.69, 9.17) is 11.6 Å². The van der Waals surface area contributed by atoms with E-state index in [1.807, 2.05) is 6.92 Å². The molecule has 0 saturated heterocycles. The molecule has 2 atom stereocenters. The maximum Gasteiger partial charge on any atom is 0.300 e. The van der Waals surface area contributed by atoms with Crippen LogP contribution in [0.4, 0.5) is 5.69 Å². The average Bonchev–Trinajstić information content (AvgIpc) is 2.37. The van der Waals surface area contributed by atoms with Gasteiger partial charge in [0.2, 0.25) is 0 Å². The highest BCUT2D eigenvalue weighted by Crippen LogP contribution is 2.28.